The molecule has 0 amide bonds. The molecule has 1 heterocycles. The minimum absolute atomic E-state index is 0.0453. The topological polar surface area (TPSA) is 66.4 Å². The van der Waals surface area contributed by atoms with Crippen molar-refractivity contribution < 1.29 is 17.9 Å². The zero-order valence-corrected chi connectivity index (χ0v) is 14.5. The molecule has 0 saturated carbocycles. The summed E-state index contributed by atoms with van der Waals surface area (Å²) in [7, 11) is -3.82. The number of thiophene rings is 1. The number of halogens is 1. The monoisotopic (exact) mass is 365 g/mol. The minimum Gasteiger partial charge on any atom is -0.383 e. The maximum atomic E-state index is 12.9. The number of hydrogen-bond acceptors (Lipinski definition) is 4. The Labute approximate surface area is 143 Å². The third kappa shape index (κ3) is 3.49. The number of hydrogen-bond donors (Lipinski definition) is 2. The van der Waals surface area contributed by atoms with Crippen molar-refractivity contribution in [3.63, 3.8) is 0 Å². The average molecular weight is 365 g/mol. The Hall–Kier alpha value is -1.80. The van der Waals surface area contributed by atoms with E-state index in [0.717, 1.165) is 22.2 Å². The lowest BCUT2D eigenvalue weighted by molar-refractivity contribution is 0.0666. The zero-order valence-electron chi connectivity index (χ0n) is 12.9. The molecule has 2 aromatic carbocycles. The van der Waals surface area contributed by atoms with Crippen LogP contribution in [0.25, 0.3) is 10.1 Å². The van der Waals surface area contributed by atoms with Crippen LogP contribution in [0, 0.1) is 5.82 Å². The van der Waals surface area contributed by atoms with Crippen molar-refractivity contribution in [2.75, 3.05) is 6.54 Å². The van der Waals surface area contributed by atoms with Gasteiger partial charge in [0.15, 0.2) is 0 Å². The lowest BCUT2D eigenvalue weighted by Gasteiger charge is -2.22. The van der Waals surface area contributed by atoms with Crippen molar-refractivity contribution in [2.45, 2.75) is 17.4 Å². The van der Waals surface area contributed by atoms with Crippen molar-refractivity contribution >= 4 is 31.4 Å². The Morgan fingerprint density at radius 3 is 2.50 bits per heavy atom. The van der Waals surface area contributed by atoms with Crippen molar-refractivity contribution in [1.82, 2.24) is 4.72 Å². The molecule has 0 aliphatic carbocycles. The van der Waals surface area contributed by atoms with E-state index < -0.39 is 21.4 Å². The van der Waals surface area contributed by atoms with Crippen LogP contribution in [0.4, 0.5) is 4.39 Å². The van der Waals surface area contributed by atoms with Gasteiger partial charge in [0, 0.05) is 16.1 Å². The molecule has 0 saturated heterocycles. The predicted octanol–water partition coefficient (Wildman–Crippen LogP) is 3.23. The highest BCUT2D eigenvalue weighted by Crippen LogP contribution is 2.33. The van der Waals surface area contributed by atoms with Gasteiger partial charge in [0.2, 0.25) is 10.0 Å². The van der Waals surface area contributed by atoms with Crippen LogP contribution >= 0.6 is 11.3 Å². The first-order valence-corrected chi connectivity index (χ1v) is 9.55. The summed E-state index contributed by atoms with van der Waals surface area (Å²) in [5.74, 6) is -0.508. The van der Waals surface area contributed by atoms with Crippen LogP contribution in [0.1, 0.15) is 11.8 Å². The van der Waals surface area contributed by atoms with Crippen molar-refractivity contribution in [1.29, 1.82) is 0 Å². The molecule has 1 unspecified atom stereocenters. The molecule has 0 fully saturated rings. The highest BCUT2D eigenvalue weighted by atomic mass is 32.2. The summed E-state index contributed by atoms with van der Waals surface area (Å²) in [6.07, 6.45) is 0. The van der Waals surface area contributed by atoms with Crippen molar-refractivity contribution in [3.05, 3.63) is 65.3 Å². The van der Waals surface area contributed by atoms with Crippen LogP contribution in [-0.2, 0) is 15.6 Å². The Kier molecular flexibility index (Phi) is 4.44. The minimum atomic E-state index is -3.82. The van der Waals surface area contributed by atoms with Gasteiger partial charge in [-0.25, -0.2) is 17.5 Å². The fraction of sp³-hybridized carbons (Fsp3) is 0.176. The first-order valence-electron chi connectivity index (χ1n) is 7.25. The van der Waals surface area contributed by atoms with E-state index in [1.165, 1.54) is 23.5 Å². The van der Waals surface area contributed by atoms with E-state index in [4.69, 9.17) is 0 Å². The highest BCUT2D eigenvalue weighted by molar-refractivity contribution is 7.89. The van der Waals surface area contributed by atoms with Crippen molar-refractivity contribution in [2.24, 2.45) is 0 Å². The summed E-state index contributed by atoms with van der Waals surface area (Å²) < 4.78 is 40.8. The molecule has 24 heavy (non-hydrogen) atoms. The summed E-state index contributed by atoms with van der Waals surface area (Å²) in [5, 5.41) is 11.7. The van der Waals surface area contributed by atoms with E-state index in [-0.39, 0.29) is 11.4 Å². The highest BCUT2D eigenvalue weighted by Gasteiger charge is 2.28. The van der Waals surface area contributed by atoms with Gasteiger partial charge in [-0.2, -0.15) is 0 Å². The number of rotatable bonds is 5. The van der Waals surface area contributed by atoms with Gasteiger partial charge in [0.1, 0.15) is 11.4 Å². The third-order valence-corrected chi connectivity index (χ3v) is 6.47. The maximum absolute atomic E-state index is 12.9. The Balaban J connectivity index is 1.80. The lowest BCUT2D eigenvalue weighted by Crippen LogP contribution is -2.38. The van der Waals surface area contributed by atoms with E-state index in [9.17, 15) is 17.9 Å². The fourth-order valence-corrected chi connectivity index (χ4v) is 4.51. The van der Waals surface area contributed by atoms with Crippen LogP contribution in [-0.4, -0.2) is 20.1 Å². The van der Waals surface area contributed by atoms with Crippen LogP contribution in [0.3, 0.4) is 0 Å². The van der Waals surface area contributed by atoms with Gasteiger partial charge in [0.25, 0.3) is 0 Å². The Morgan fingerprint density at radius 1 is 1.17 bits per heavy atom. The fourth-order valence-electron chi connectivity index (χ4n) is 2.27. The van der Waals surface area contributed by atoms with Crippen LogP contribution in [0.2, 0.25) is 0 Å². The molecular weight excluding hydrogens is 349 g/mol. The SMILES string of the molecule is CC(O)(CNS(=O)(=O)c1ccc(F)cc1)c1cc2ccccc2s1. The van der Waals surface area contributed by atoms with E-state index >= 15 is 0 Å². The second-order valence-corrected chi connectivity index (χ2v) is 8.55. The van der Waals surface area contributed by atoms with E-state index in [0.29, 0.717) is 4.88 Å². The van der Waals surface area contributed by atoms with Crippen LogP contribution in [0.5, 0.6) is 0 Å². The molecule has 126 valence electrons. The number of aliphatic hydroxyl groups is 1. The van der Waals surface area contributed by atoms with Gasteiger partial charge in [-0.15, -0.1) is 11.3 Å². The summed E-state index contributed by atoms with van der Waals surface area (Å²) in [5.41, 5.74) is -1.35. The standard InChI is InChI=1S/C17H16FNO3S2/c1-17(20,16-10-12-4-2-3-5-15(12)23-16)11-19-24(21,22)14-8-6-13(18)7-9-14/h2-10,19-20H,11H2,1H3. The number of fused-ring (bicyclic) bond motifs is 1. The van der Waals surface area contributed by atoms with Gasteiger partial charge < -0.3 is 5.11 Å². The summed E-state index contributed by atoms with van der Waals surface area (Å²) in [6.45, 7) is 1.38. The molecule has 1 atom stereocenters. The molecule has 4 nitrogen and oxygen atoms in total. The zero-order chi connectivity index (χ0) is 17.4. The van der Waals surface area contributed by atoms with Crippen molar-refractivity contribution in [3.8, 4) is 0 Å². The van der Waals surface area contributed by atoms with Gasteiger partial charge in [0.05, 0.1) is 4.90 Å². The summed E-state index contributed by atoms with van der Waals surface area (Å²) in [4.78, 5) is 0.626. The second kappa shape index (κ2) is 6.25. The molecule has 0 radical (unpaired) electrons. The predicted molar refractivity (Wildman–Crippen MR) is 93.0 cm³/mol. The third-order valence-electron chi connectivity index (χ3n) is 3.69. The largest absolute Gasteiger partial charge is 0.383 e. The summed E-state index contributed by atoms with van der Waals surface area (Å²) >= 11 is 1.42. The first-order chi connectivity index (χ1) is 11.3. The first kappa shape index (κ1) is 17.0. The molecule has 0 bridgehead atoms. The number of nitrogens with one attached hydrogen (secondary N) is 1. The molecular formula is C17H16FNO3S2. The molecule has 0 aliphatic rings. The molecule has 3 aromatic rings. The van der Waals surface area contributed by atoms with E-state index in [2.05, 4.69) is 4.72 Å². The van der Waals surface area contributed by atoms with Gasteiger partial charge in [-0.3, -0.25) is 0 Å². The molecule has 0 spiro atoms. The quantitative estimate of drug-likeness (QED) is 0.730. The molecule has 2 N–H and O–H groups in total. The number of benzene rings is 2. The van der Waals surface area contributed by atoms with Crippen LogP contribution < -0.4 is 4.72 Å². The molecule has 0 aliphatic heterocycles. The molecule has 3 rings (SSSR count). The molecule has 7 heteroatoms. The number of sulfonamides is 1. The second-order valence-electron chi connectivity index (χ2n) is 5.70. The van der Waals surface area contributed by atoms with E-state index in [1.807, 2.05) is 30.3 Å². The van der Waals surface area contributed by atoms with E-state index in [1.54, 1.807) is 6.92 Å². The normalized spacial score (nSPS) is 14.6. The smallest absolute Gasteiger partial charge is 0.240 e. The van der Waals surface area contributed by atoms with Gasteiger partial charge in [-0.1, -0.05) is 18.2 Å². The maximum Gasteiger partial charge on any atom is 0.240 e. The van der Waals surface area contributed by atoms with Gasteiger partial charge in [-0.05, 0) is 48.7 Å². The Morgan fingerprint density at radius 2 is 1.83 bits per heavy atom. The average Bonchev–Trinajstić information content (AvgIpc) is 2.99. The summed E-state index contributed by atoms with van der Waals surface area (Å²) in [6, 6.07) is 14.1. The molecule has 1 aromatic heterocycles. The van der Waals surface area contributed by atoms with Crippen LogP contribution in [0.15, 0.2) is 59.5 Å². The lowest BCUT2D eigenvalue weighted by atomic mass is 10.1. The van der Waals surface area contributed by atoms with Gasteiger partial charge >= 0.3 is 0 Å². The Bertz CT molecular complexity index is 930.